The molecule has 1 aromatic heterocycles. The second-order valence-corrected chi connectivity index (χ2v) is 6.85. The van der Waals surface area contributed by atoms with Crippen LogP contribution in [0.5, 0.6) is 0 Å². The molecule has 1 amide bonds. The molecule has 134 valence electrons. The number of piperidine rings is 1. The average molecular weight is 341 g/mol. The lowest BCUT2D eigenvalue weighted by Gasteiger charge is -2.38. The number of hydrogen-bond donors (Lipinski definition) is 2. The maximum Gasteiger partial charge on any atom is 0.252 e. The largest absolute Gasteiger partial charge is 0.342 e. The zero-order valence-corrected chi connectivity index (χ0v) is 15.0. The van der Waals surface area contributed by atoms with Crippen molar-refractivity contribution >= 4 is 16.8 Å². The molecule has 0 aliphatic carbocycles. The molecule has 0 bridgehead atoms. The zero-order valence-electron chi connectivity index (χ0n) is 15.0. The van der Waals surface area contributed by atoms with Gasteiger partial charge in [0.05, 0.1) is 0 Å². The number of benzene rings is 1. The van der Waals surface area contributed by atoms with Gasteiger partial charge in [-0.15, -0.1) is 0 Å². The third kappa shape index (κ3) is 3.93. The van der Waals surface area contributed by atoms with Crippen LogP contribution in [0.2, 0.25) is 0 Å². The topological polar surface area (TPSA) is 65.2 Å². The van der Waals surface area contributed by atoms with Gasteiger partial charge in [-0.3, -0.25) is 9.59 Å². The van der Waals surface area contributed by atoms with Gasteiger partial charge in [0, 0.05) is 43.2 Å². The van der Waals surface area contributed by atoms with E-state index in [2.05, 4.69) is 17.2 Å². The van der Waals surface area contributed by atoms with Crippen LogP contribution in [0.4, 0.5) is 0 Å². The summed E-state index contributed by atoms with van der Waals surface area (Å²) in [5.74, 6) is 0.673. The van der Waals surface area contributed by atoms with Gasteiger partial charge in [0.25, 0.3) is 5.56 Å². The molecule has 0 spiro atoms. The number of H-pyrrole nitrogens is 1. The van der Waals surface area contributed by atoms with E-state index in [1.807, 2.05) is 42.2 Å². The van der Waals surface area contributed by atoms with Gasteiger partial charge >= 0.3 is 0 Å². The van der Waals surface area contributed by atoms with Crippen molar-refractivity contribution in [2.45, 2.75) is 45.7 Å². The smallest absolute Gasteiger partial charge is 0.252 e. The standard InChI is InChI=1S/C20H27N3O2/c1-3-14-13-23(19(24)4-2)10-9-17(14)21-12-16-11-15-7-5-6-8-18(15)22-20(16)25/h5-8,11,14,17,21H,3-4,9-10,12-13H2,1-2H3,(H,22,25)/t14-,17-/m0/s1. The van der Waals surface area contributed by atoms with Crippen LogP contribution in [0.3, 0.4) is 0 Å². The van der Waals surface area contributed by atoms with Gasteiger partial charge in [-0.2, -0.15) is 0 Å². The molecule has 25 heavy (non-hydrogen) atoms. The summed E-state index contributed by atoms with van der Waals surface area (Å²) in [6.45, 7) is 6.26. The molecule has 1 aromatic carbocycles. The molecule has 0 unspecified atom stereocenters. The fourth-order valence-electron chi connectivity index (χ4n) is 3.73. The SMILES string of the molecule is CCC(=O)N1CC[C@H](NCc2cc3ccccc3[nH]c2=O)[C@@H](CC)C1. The Kier molecular flexibility index (Phi) is 5.53. The number of nitrogens with one attached hydrogen (secondary N) is 2. The van der Waals surface area contributed by atoms with Crippen molar-refractivity contribution in [3.63, 3.8) is 0 Å². The molecule has 2 heterocycles. The molecule has 1 saturated heterocycles. The summed E-state index contributed by atoms with van der Waals surface area (Å²) in [6.07, 6.45) is 2.54. The minimum atomic E-state index is -0.0298. The Balaban J connectivity index is 1.68. The highest BCUT2D eigenvalue weighted by molar-refractivity contribution is 5.78. The molecular weight excluding hydrogens is 314 g/mol. The van der Waals surface area contributed by atoms with Gasteiger partial charge in [0.15, 0.2) is 0 Å². The summed E-state index contributed by atoms with van der Waals surface area (Å²) in [4.78, 5) is 29.2. The first-order chi connectivity index (χ1) is 12.1. The lowest BCUT2D eigenvalue weighted by molar-refractivity contribution is -0.133. The first-order valence-corrected chi connectivity index (χ1v) is 9.24. The lowest BCUT2D eigenvalue weighted by atomic mass is 9.89. The summed E-state index contributed by atoms with van der Waals surface area (Å²) in [6, 6.07) is 10.1. The summed E-state index contributed by atoms with van der Waals surface area (Å²) >= 11 is 0. The van der Waals surface area contributed by atoms with E-state index in [-0.39, 0.29) is 11.5 Å². The summed E-state index contributed by atoms with van der Waals surface area (Å²) in [7, 11) is 0. The number of hydrogen-bond acceptors (Lipinski definition) is 3. The molecule has 2 atom stereocenters. The molecule has 1 aliphatic heterocycles. The van der Waals surface area contributed by atoms with Crippen molar-refractivity contribution in [3.8, 4) is 0 Å². The maximum absolute atomic E-state index is 12.3. The fourth-order valence-corrected chi connectivity index (χ4v) is 3.73. The van der Waals surface area contributed by atoms with Gasteiger partial charge in [-0.1, -0.05) is 38.5 Å². The molecule has 5 heteroatoms. The number of amides is 1. The minimum Gasteiger partial charge on any atom is -0.342 e. The number of carbonyl (C=O) groups is 1. The Bertz CT molecular complexity index is 799. The summed E-state index contributed by atoms with van der Waals surface area (Å²) in [5, 5.41) is 4.61. The first-order valence-electron chi connectivity index (χ1n) is 9.24. The third-order valence-corrected chi connectivity index (χ3v) is 5.30. The third-order valence-electron chi connectivity index (χ3n) is 5.30. The number of para-hydroxylation sites is 1. The Labute approximate surface area is 148 Å². The van der Waals surface area contributed by atoms with Crippen molar-refractivity contribution in [1.29, 1.82) is 0 Å². The molecule has 0 saturated carbocycles. The number of rotatable bonds is 5. The highest BCUT2D eigenvalue weighted by Crippen LogP contribution is 2.21. The van der Waals surface area contributed by atoms with Crippen LogP contribution in [-0.2, 0) is 11.3 Å². The van der Waals surface area contributed by atoms with Gasteiger partial charge in [0.2, 0.25) is 5.91 Å². The average Bonchev–Trinajstić information content (AvgIpc) is 2.65. The Morgan fingerprint density at radius 2 is 2.12 bits per heavy atom. The van der Waals surface area contributed by atoms with E-state index in [0.29, 0.717) is 24.9 Å². The normalized spacial score (nSPS) is 20.8. The molecular formula is C20H27N3O2. The van der Waals surface area contributed by atoms with Crippen molar-refractivity contribution in [2.24, 2.45) is 5.92 Å². The Morgan fingerprint density at radius 3 is 2.88 bits per heavy atom. The maximum atomic E-state index is 12.3. The van der Waals surface area contributed by atoms with Crippen LogP contribution in [0, 0.1) is 5.92 Å². The van der Waals surface area contributed by atoms with Crippen LogP contribution in [0.1, 0.15) is 38.7 Å². The number of aromatic nitrogens is 1. The quantitative estimate of drug-likeness (QED) is 0.879. The van der Waals surface area contributed by atoms with E-state index in [1.54, 1.807) is 0 Å². The molecule has 0 radical (unpaired) electrons. The second-order valence-electron chi connectivity index (χ2n) is 6.85. The van der Waals surface area contributed by atoms with Crippen LogP contribution in [0.15, 0.2) is 35.1 Å². The molecule has 2 aromatic rings. The summed E-state index contributed by atoms with van der Waals surface area (Å²) < 4.78 is 0. The first kappa shape index (κ1) is 17.7. The number of aromatic amines is 1. The number of likely N-dealkylation sites (tertiary alicyclic amines) is 1. The molecule has 2 N–H and O–H groups in total. The van der Waals surface area contributed by atoms with Crippen LogP contribution in [-0.4, -0.2) is 34.9 Å². The molecule has 1 fully saturated rings. The van der Waals surface area contributed by atoms with E-state index in [9.17, 15) is 9.59 Å². The number of carbonyl (C=O) groups excluding carboxylic acids is 1. The van der Waals surface area contributed by atoms with E-state index in [1.165, 1.54) is 0 Å². The van der Waals surface area contributed by atoms with Crippen LogP contribution in [0.25, 0.3) is 10.9 Å². The predicted molar refractivity (Wildman–Crippen MR) is 100 cm³/mol. The van der Waals surface area contributed by atoms with Crippen molar-refractivity contribution in [3.05, 3.63) is 46.2 Å². The number of nitrogens with zero attached hydrogens (tertiary/aromatic N) is 1. The minimum absolute atomic E-state index is 0.0298. The van der Waals surface area contributed by atoms with Crippen molar-refractivity contribution < 1.29 is 4.79 Å². The van der Waals surface area contributed by atoms with Gasteiger partial charge in [-0.25, -0.2) is 0 Å². The zero-order chi connectivity index (χ0) is 17.8. The van der Waals surface area contributed by atoms with Gasteiger partial charge in [-0.05, 0) is 29.9 Å². The molecule has 5 nitrogen and oxygen atoms in total. The lowest BCUT2D eigenvalue weighted by Crippen LogP contribution is -2.50. The monoisotopic (exact) mass is 341 g/mol. The Hall–Kier alpha value is -2.14. The van der Waals surface area contributed by atoms with E-state index >= 15 is 0 Å². The number of fused-ring (bicyclic) bond motifs is 1. The highest BCUT2D eigenvalue weighted by Gasteiger charge is 2.29. The number of pyridine rings is 1. The van der Waals surface area contributed by atoms with Crippen LogP contribution < -0.4 is 10.9 Å². The van der Waals surface area contributed by atoms with E-state index < -0.39 is 0 Å². The summed E-state index contributed by atoms with van der Waals surface area (Å²) in [5.41, 5.74) is 1.60. The van der Waals surface area contributed by atoms with E-state index in [4.69, 9.17) is 0 Å². The molecule has 1 aliphatic rings. The van der Waals surface area contributed by atoms with Crippen molar-refractivity contribution in [2.75, 3.05) is 13.1 Å². The Morgan fingerprint density at radius 1 is 1.32 bits per heavy atom. The van der Waals surface area contributed by atoms with Crippen LogP contribution >= 0.6 is 0 Å². The van der Waals surface area contributed by atoms with Crippen molar-refractivity contribution in [1.82, 2.24) is 15.2 Å². The van der Waals surface area contributed by atoms with Gasteiger partial charge in [0.1, 0.15) is 0 Å². The fraction of sp³-hybridized carbons (Fsp3) is 0.500. The van der Waals surface area contributed by atoms with E-state index in [0.717, 1.165) is 42.4 Å². The predicted octanol–water partition coefficient (Wildman–Crippen LogP) is 2.65. The second kappa shape index (κ2) is 7.83. The molecule has 3 rings (SSSR count). The highest BCUT2D eigenvalue weighted by atomic mass is 16.2. The van der Waals surface area contributed by atoms with Gasteiger partial charge < -0.3 is 15.2 Å².